The molecule has 0 unspecified atom stereocenters. The van der Waals surface area contributed by atoms with E-state index in [-0.39, 0.29) is 10.8 Å². The van der Waals surface area contributed by atoms with Gasteiger partial charge in [-0.25, -0.2) is 4.85 Å². The lowest BCUT2D eigenvalue weighted by Crippen LogP contribution is -2.18. The molecule has 10 rings (SSSR count). The van der Waals surface area contributed by atoms with Crippen molar-refractivity contribution >= 4 is 72.1 Å². The molecule has 0 N–H and O–H groups in total. The highest BCUT2D eigenvalue weighted by atomic mass is 15.2. The molecule has 10 aromatic rings. The number of hydrogen-bond donors (Lipinski definition) is 0. The molecule has 0 aliphatic heterocycles. The third-order valence-electron chi connectivity index (χ3n) is 12.7. The van der Waals surface area contributed by atoms with Crippen molar-refractivity contribution < 1.29 is 0 Å². The number of anilines is 6. The molecule has 0 saturated carbocycles. The lowest BCUT2D eigenvalue weighted by molar-refractivity contribution is 0.595. The van der Waals surface area contributed by atoms with E-state index >= 15 is 0 Å². The van der Waals surface area contributed by atoms with Crippen LogP contribution in [0.5, 0.6) is 0 Å². The zero-order valence-corrected chi connectivity index (χ0v) is 37.4. The molecule has 0 heterocycles. The van der Waals surface area contributed by atoms with Crippen LogP contribution in [-0.4, -0.2) is 0 Å². The fourth-order valence-corrected chi connectivity index (χ4v) is 9.70. The first-order valence-electron chi connectivity index (χ1n) is 22.2. The summed E-state index contributed by atoms with van der Waals surface area (Å²) in [5.41, 5.74) is 14.0. The van der Waals surface area contributed by atoms with Gasteiger partial charge in [0.15, 0.2) is 5.69 Å². The van der Waals surface area contributed by atoms with Crippen LogP contribution in [0.25, 0.3) is 59.4 Å². The summed E-state index contributed by atoms with van der Waals surface area (Å²) in [4.78, 5) is 8.69. The molecule has 10 aromatic carbocycles. The van der Waals surface area contributed by atoms with Gasteiger partial charge < -0.3 is 9.80 Å². The predicted octanol–water partition coefficient (Wildman–Crippen LogP) is 18.0. The minimum Gasteiger partial charge on any atom is -0.309 e. The summed E-state index contributed by atoms with van der Waals surface area (Å²) in [6, 6.07) is 72.3. The second-order valence-corrected chi connectivity index (χ2v) is 18.9. The predicted molar refractivity (Wildman–Crippen MR) is 274 cm³/mol. The van der Waals surface area contributed by atoms with Gasteiger partial charge in [-0.05, 0) is 103 Å². The first-order valence-corrected chi connectivity index (χ1v) is 22.2. The van der Waals surface area contributed by atoms with Crippen molar-refractivity contribution in [1.82, 2.24) is 0 Å². The molecule has 0 amide bonds. The summed E-state index contributed by atoms with van der Waals surface area (Å²) >= 11 is 0. The number of benzene rings is 10. The lowest BCUT2D eigenvalue weighted by atomic mass is 9.77. The van der Waals surface area contributed by atoms with Gasteiger partial charge in [0.05, 0.1) is 29.3 Å². The van der Waals surface area contributed by atoms with Crippen molar-refractivity contribution in [2.24, 2.45) is 0 Å². The third-order valence-corrected chi connectivity index (χ3v) is 12.7. The average Bonchev–Trinajstić information content (AvgIpc) is 3.32. The Kier molecular flexibility index (Phi) is 10.0. The summed E-state index contributed by atoms with van der Waals surface area (Å²) in [6.45, 7) is 21.8. The van der Waals surface area contributed by atoms with E-state index in [1.165, 1.54) is 54.6 Å². The first kappa shape index (κ1) is 40.4. The van der Waals surface area contributed by atoms with Crippen molar-refractivity contribution in [3.05, 3.63) is 223 Å². The second kappa shape index (κ2) is 15.9. The second-order valence-electron chi connectivity index (χ2n) is 18.9. The Morgan fingerprint density at radius 2 is 0.719 bits per heavy atom. The molecule has 0 atom stereocenters. The fourth-order valence-electron chi connectivity index (χ4n) is 9.70. The maximum Gasteiger partial charge on any atom is 0.187 e. The van der Waals surface area contributed by atoms with E-state index in [0.717, 1.165) is 45.3 Å². The van der Waals surface area contributed by atoms with Gasteiger partial charge >= 0.3 is 0 Å². The Hall–Kier alpha value is -7.67. The van der Waals surface area contributed by atoms with E-state index in [0.29, 0.717) is 5.69 Å². The third kappa shape index (κ3) is 7.02. The molecule has 3 heteroatoms. The molecule has 310 valence electrons. The monoisotopic (exact) mass is 825 g/mol. The van der Waals surface area contributed by atoms with Gasteiger partial charge in [0.25, 0.3) is 0 Å². The SMILES string of the molecule is [C-]#[N+]c1ccc(N(c2ccccc2-c2ccccc2)c2cc(C(C)(C)C)c3ccc4c(N(c5ccccc5)c5ccccc5-c5ccccc5)cc(C(C)(C)C)c5ccc2c3c45)cc1. The summed E-state index contributed by atoms with van der Waals surface area (Å²) in [5.74, 6) is 0. The topological polar surface area (TPSA) is 10.8 Å². The molecule has 3 nitrogen and oxygen atoms in total. The summed E-state index contributed by atoms with van der Waals surface area (Å²) in [5, 5.41) is 7.42. The van der Waals surface area contributed by atoms with Crippen molar-refractivity contribution in [3.63, 3.8) is 0 Å². The maximum atomic E-state index is 7.80. The van der Waals surface area contributed by atoms with Gasteiger partial charge in [0.2, 0.25) is 0 Å². The van der Waals surface area contributed by atoms with Crippen molar-refractivity contribution in [1.29, 1.82) is 0 Å². The van der Waals surface area contributed by atoms with Gasteiger partial charge in [-0.15, -0.1) is 0 Å². The Balaban J connectivity index is 1.36. The normalized spacial score (nSPS) is 11.9. The van der Waals surface area contributed by atoms with Gasteiger partial charge in [-0.1, -0.05) is 193 Å². The van der Waals surface area contributed by atoms with Crippen LogP contribution in [0.2, 0.25) is 0 Å². The smallest absolute Gasteiger partial charge is 0.187 e. The lowest BCUT2D eigenvalue weighted by Gasteiger charge is -2.34. The van der Waals surface area contributed by atoms with E-state index in [4.69, 9.17) is 6.57 Å². The van der Waals surface area contributed by atoms with Crippen LogP contribution in [0.3, 0.4) is 0 Å². The van der Waals surface area contributed by atoms with Crippen LogP contribution in [0.1, 0.15) is 52.7 Å². The van der Waals surface area contributed by atoms with Gasteiger partial charge in [0, 0.05) is 33.3 Å². The fraction of sp³-hybridized carbons (Fsp3) is 0.131. The van der Waals surface area contributed by atoms with Crippen molar-refractivity contribution in [3.8, 4) is 22.3 Å². The molecule has 0 aliphatic carbocycles. The van der Waals surface area contributed by atoms with E-state index in [1.54, 1.807) is 0 Å². The Labute approximate surface area is 377 Å². The van der Waals surface area contributed by atoms with Gasteiger partial charge in [-0.3, -0.25) is 0 Å². The molecule has 0 saturated heterocycles. The highest BCUT2D eigenvalue weighted by Crippen LogP contribution is 2.53. The maximum absolute atomic E-state index is 7.80. The Morgan fingerprint density at radius 1 is 0.359 bits per heavy atom. The molecular formula is C61H51N3. The van der Waals surface area contributed by atoms with Crippen LogP contribution in [-0.2, 0) is 10.8 Å². The van der Waals surface area contributed by atoms with E-state index in [1.807, 2.05) is 12.1 Å². The number of hydrogen-bond acceptors (Lipinski definition) is 2. The van der Waals surface area contributed by atoms with E-state index in [2.05, 4.69) is 244 Å². The minimum atomic E-state index is -0.198. The Bertz CT molecular complexity index is 3330. The van der Waals surface area contributed by atoms with Crippen LogP contribution in [0, 0.1) is 6.57 Å². The molecule has 0 bridgehead atoms. The summed E-state index contributed by atoms with van der Waals surface area (Å²) in [7, 11) is 0. The highest BCUT2D eigenvalue weighted by Gasteiger charge is 2.30. The zero-order chi connectivity index (χ0) is 44.2. The number of nitrogens with zero attached hydrogens (tertiary/aromatic N) is 3. The molecule has 64 heavy (non-hydrogen) atoms. The minimum absolute atomic E-state index is 0.181. The highest BCUT2D eigenvalue weighted by molar-refractivity contribution is 6.29. The quantitative estimate of drug-likeness (QED) is 0.112. The summed E-state index contributed by atoms with van der Waals surface area (Å²) < 4.78 is 0. The molecule has 0 aliphatic rings. The molecule has 0 fully saturated rings. The largest absolute Gasteiger partial charge is 0.309 e. The zero-order valence-electron chi connectivity index (χ0n) is 37.4. The van der Waals surface area contributed by atoms with Crippen LogP contribution < -0.4 is 9.80 Å². The van der Waals surface area contributed by atoms with Crippen LogP contribution in [0.15, 0.2) is 200 Å². The molecule has 0 radical (unpaired) electrons. The summed E-state index contributed by atoms with van der Waals surface area (Å²) in [6.07, 6.45) is 0. The number of para-hydroxylation sites is 3. The van der Waals surface area contributed by atoms with Crippen molar-refractivity contribution in [2.45, 2.75) is 52.4 Å². The number of rotatable bonds is 8. The average molecular weight is 826 g/mol. The van der Waals surface area contributed by atoms with Crippen molar-refractivity contribution in [2.75, 3.05) is 9.80 Å². The van der Waals surface area contributed by atoms with Crippen LogP contribution in [0.4, 0.5) is 39.8 Å². The Morgan fingerprint density at radius 3 is 1.12 bits per heavy atom. The molecular weight excluding hydrogens is 775 g/mol. The standard InChI is InChI=1S/C61H51N3/c1-60(2,3)52-39-56(63(44-25-15-10-16-26-44)54-29-19-17-27-46(54)41-21-11-8-12-22-41)50-37-35-49-53(61(4,5)6)40-57(51-38-36-48(52)58(50)59(49)51)64(45-33-31-43(62-7)32-34-45)55-30-20-18-28-47(55)42-23-13-9-14-24-42/h8-40H,1-6H3. The van der Waals surface area contributed by atoms with E-state index in [9.17, 15) is 0 Å². The van der Waals surface area contributed by atoms with Gasteiger partial charge in [-0.2, -0.15) is 0 Å². The molecule has 0 aromatic heterocycles. The first-order chi connectivity index (χ1) is 31.0. The van der Waals surface area contributed by atoms with Crippen LogP contribution >= 0.6 is 0 Å². The van der Waals surface area contributed by atoms with Gasteiger partial charge in [0.1, 0.15) is 0 Å². The van der Waals surface area contributed by atoms with E-state index < -0.39 is 0 Å². The molecule has 0 spiro atoms.